The topological polar surface area (TPSA) is 65.1 Å². The van der Waals surface area contributed by atoms with Gasteiger partial charge in [0.1, 0.15) is 8.24 Å². The maximum Gasteiger partial charge on any atom is 0.500 e. The first-order valence-corrected chi connectivity index (χ1v) is 23.5. The van der Waals surface area contributed by atoms with Crippen LogP contribution in [0.15, 0.2) is 0 Å². The van der Waals surface area contributed by atoms with Crippen LogP contribution in [0.5, 0.6) is 0 Å². The van der Waals surface area contributed by atoms with Gasteiger partial charge < -0.3 is 40.9 Å². The lowest BCUT2D eigenvalue weighted by molar-refractivity contribution is 0.0691. The van der Waals surface area contributed by atoms with Gasteiger partial charge in [0.15, 0.2) is 0 Å². The van der Waals surface area contributed by atoms with Crippen LogP contribution in [0.4, 0.5) is 0 Å². The lowest BCUT2D eigenvalue weighted by atomic mass is 10.3. The Morgan fingerprint density at radius 3 is 1.20 bits per heavy atom. The lowest BCUT2D eigenvalue weighted by Crippen LogP contribution is -2.56. The molecule has 240 valence electrons. The molecule has 40 heavy (non-hydrogen) atoms. The van der Waals surface area contributed by atoms with E-state index in [0.717, 1.165) is 44.6 Å². The number of hydrogen-bond acceptors (Lipinski definition) is 9. The second kappa shape index (κ2) is 21.1. The molecule has 0 bridgehead atoms. The Balaban J connectivity index is 2.76. The summed E-state index contributed by atoms with van der Waals surface area (Å²) >= 11 is 0. The molecule has 0 radical (unpaired) electrons. The molecule has 9 nitrogen and oxygen atoms in total. The van der Waals surface area contributed by atoms with Crippen LogP contribution in [0.25, 0.3) is 0 Å². The van der Waals surface area contributed by atoms with Crippen LogP contribution < -0.4 is 0 Å². The van der Waals surface area contributed by atoms with Gasteiger partial charge >= 0.3 is 17.6 Å². The predicted octanol–water partition coefficient (Wildman–Crippen LogP) is 5.01. The van der Waals surface area contributed by atoms with Gasteiger partial charge in [-0.05, 0) is 87.0 Å². The first-order chi connectivity index (χ1) is 19.1. The van der Waals surface area contributed by atoms with Crippen LogP contribution in [0.2, 0.25) is 31.7 Å². The molecule has 1 fully saturated rings. The smallest absolute Gasteiger partial charge is 0.374 e. The van der Waals surface area contributed by atoms with Crippen molar-refractivity contribution in [3.8, 4) is 0 Å². The van der Waals surface area contributed by atoms with Crippen LogP contribution in [0.1, 0.15) is 60.8 Å². The summed E-state index contributed by atoms with van der Waals surface area (Å²) in [7, 11) is -6.44. The molecule has 1 saturated heterocycles. The van der Waals surface area contributed by atoms with Gasteiger partial charge in [-0.15, -0.1) is 0 Å². The van der Waals surface area contributed by atoms with Gasteiger partial charge in [-0.3, -0.25) is 0 Å². The highest BCUT2D eigenvalue weighted by Gasteiger charge is 2.41. The SMILES string of the molecule is CCO[Si](CCCN(CCCN1CCN([Si](C)(C)C)CC1)CCC[Si](OCC)(OCC)OCC)(OCC)OCC. The van der Waals surface area contributed by atoms with E-state index in [1.807, 2.05) is 41.5 Å². The van der Waals surface area contributed by atoms with Crippen molar-refractivity contribution in [2.45, 2.75) is 92.5 Å². The highest BCUT2D eigenvalue weighted by atomic mass is 28.4. The van der Waals surface area contributed by atoms with Gasteiger partial charge in [0.05, 0.1) is 0 Å². The van der Waals surface area contributed by atoms with Gasteiger partial charge in [0.2, 0.25) is 0 Å². The minimum Gasteiger partial charge on any atom is -0.374 e. The summed E-state index contributed by atoms with van der Waals surface area (Å²) < 4.78 is 39.4. The number of nitrogens with zero attached hydrogens (tertiary/aromatic N) is 3. The summed E-state index contributed by atoms with van der Waals surface area (Å²) in [5.41, 5.74) is 0. The third-order valence-corrected chi connectivity index (χ3v) is 16.0. The third-order valence-electron chi connectivity index (χ3n) is 7.37. The Morgan fingerprint density at radius 1 is 0.525 bits per heavy atom. The van der Waals surface area contributed by atoms with Crippen LogP contribution in [-0.2, 0) is 26.6 Å². The first kappa shape index (κ1) is 38.3. The first-order valence-electron chi connectivity index (χ1n) is 16.2. The van der Waals surface area contributed by atoms with Crippen molar-refractivity contribution in [3.63, 3.8) is 0 Å². The fourth-order valence-electron chi connectivity index (χ4n) is 5.54. The molecule has 0 saturated carbocycles. The number of rotatable bonds is 25. The van der Waals surface area contributed by atoms with E-state index in [1.54, 1.807) is 0 Å². The van der Waals surface area contributed by atoms with E-state index in [9.17, 15) is 0 Å². The number of piperazine rings is 1. The molecular formula is C28H65N3O6Si3. The van der Waals surface area contributed by atoms with E-state index < -0.39 is 25.8 Å². The van der Waals surface area contributed by atoms with E-state index in [-0.39, 0.29) is 0 Å². The van der Waals surface area contributed by atoms with Crippen molar-refractivity contribution in [1.29, 1.82) is 0 Å². The predicted molar refractivity (Wildman–Crippen MR) is 173 cm³/mol. The van der Waals surface area contributed by atoms with Crippen LogP contribution in [0, 0.1) is 0 Å². The molecule has 0 aromatic carbocycles. The standard InChI is InChI=1S/C28H65N3O6Si3/c1-10-32-39(33-11-2,34-12-3)27-17-21-29(22-18-28-40(35-13-4,36-14-5)37-15-6)19-16-20-30-23-25-31(26-24-30)38(7,8)9/h10-28H2,1-9H3. The Bertz CT molecular complexity index is 559. The highest BCUT2D eigenvalue weighted by Crippen LogP contribution is 2.21. The maximum atomic E-state index is 6.12. The Morgan fingerprint density at radius 2 is 0.875 bits per heavy atom. The average Bonchev–Trinajstić information content (AvgIpc) is 2.89. The molecular weight excluding hydrogens is 559 g/mol. The summed E-state index contributed by atoms with van der Waals surface area (Å²) in [6.07, 6.45) is 3.20. The summed E-state index contributed by atoms with van der Waals surface area (Å²) in [5.74, 6) is 0. The Hall–Kier alpha value is 0.291. The summed E-state index contributed by atoms with van der Waals surface area (Å²) in [6, 6.07) is 1.71. The molecule has 0 atom stereocenters. The van der Waals surface area contributed by atoms with Gasteiger partial charge in [-0.1, -0.05) is 19.6 Å². The van der Waals surface area contributed by atoms with E-state index in [2.05, 4.69) is 34.0 Å². The van der Waals surface area contributed by atoms with Gasteiger partial charge in [0, 0.05) is 77.9 Å². The Labute approximate surface area is 251 Å². The van der Waals surface area contributed by atoms with E-state index >= 15 is 0 Å². The largest absolute Gasteiger partial charge is 0.500 e. The fraction of sp³-hybridized carbons (Fsp3) is 1.00. The molecule has 0 aliphatic carbocycles. The van der Waals surface area contributed by atoms with Crippen molar-refractivity contribution >= 4 is 25.8 Å². The monoisotopic (exact) mass is 623 g/mol. The molecule has 0 amide bonds. The zero-order chi connectivity index (χ0) is 29.9. The maximum absolute atomic E-state index is 6.12. The minimum absolute atomic E-state index is 0.625. The van der Waals surface area contributed by atoms with Crippen molar-refractivity contribution in [3.05, 3.63) is 0 Å². The van der Waals surface area contributed by atoms with Gasteiger partial charge in [-0.25, -0.2) is 0 Å². The summed E-state index contributed by atoms with van der Waals surface area (Å²) in [5, 5.41) is 0. The molecule has 1 aliphatic rings. The molecule has 0 unspecified atom stereocenters. The van der Waals surface area contributed by atoms with E-state index in [4.69, 9.17) is 26.6 Å². The third kappa shape index (κ3) is 14.6. The normalized spacial score (nSPS) is 16.4. The van der Waals surface area contributed by atoms with Gasteiger partial charge in [0.25, 0.3) is 0 Å². The molecule has 0 aromatic rings. The Kier molecular flexibility index (Phi) is 20.2. The molecule has 1 aliphatic heterocycles. The molecule has 12 heteroatoms. The van der Waals surface area contributed by atoms with Gasteiger partial charge in [-0.2, -0.15) is 0 Å². The van der Waals surface area contributed by atoms with Crippen molar-refractivity contribution in [2.75, 3.05) is 92.0 Å². The molecule has 0 aromatic heterocycles. The van der Waals surface area contributed by atoms with Crippen molar-refractivity contribution in [1.82, 2.24) is 14.4 Å². The molecule has 0 N–H and O–H groups in total. The second-order valence-electron chi connectivity index (χ2n) is 11.4. The van der Waals surface area contributed by atoms with E-state index in [1.165, 1.54) is 39.1 Å². The van der Waals surface area contributed by atoms with Crippen LogP contribution >= 0.6 is 0 Å². The zero-order valence-corrected chi connectivity index (χ0v) is 30.7. The molecule has 1 heterocycles. The lowest BCUT2D eigenvalue weighted by Gasteiger charge is -2.41. The highest BCUT2D eigenvalue weighted by molar-refractivity contribution is 6.73. The van der Waals surface area contributed by atoms with Crippen molar-refractivity contribution in [2.24, 2.45) is 0 Å². The van der Waals surface area contributed by atoms with Crippen LogP contribution in [-0.4, -0.2) is 132 Å². The van der Waals surface area contributed by atoms with E-state index in [0.29, 0.717) is 39.6 Å². The number of hydrogen-bond donors (Lipinski definition) is 0. The molecule has 1 rings (SSSR count). The summed E-state index contributed by atoms with van der Waals surface area (Å²) in [4.78, 5) is 5.27. The van der Waals surface area contributed by atoms with Crippen molar-refractivity contribution < 1.29 is 26.6 Å². The molecule has 0 spiro atoms. The quantitative estimate of drug-likeness (QED) is 0.131. The minimum atomic E-state index is -2.63. The summed E-state index contributed by atoms with van der Waals surface area (Å²) in [6.45, 7) is 32.4. The second-order valence-corrected chi connectivity index (χ2v) is 21.8. The van der Waals surface area contributed by atoms with Crippen LogP contribution in [0.3, 0.4) is 0 Å². The fourth-order valence-corrected chi connectivity index (χ4v) is 12.3. The zero-order valence-electron chi connectivity index (χ0n) is 27.7. The average molecular weight is 624 g/mol.